The summed E-state index contributed by atoms with van der Waals surface area (Å²) in [6, 6.07) is 0. The fourth-order valence-corrected chi connectivity index (χ4v) is 11.3. The molecule has 0 aliphatic carbocycles. The first-order chi connectivity index (χ1) is 44.7. The molecule has 0 aromatic heterocycles. The van der Waals surface area contributed by atoms with E-state index in [2.05, 4.69) is 76.3 Å². The van der Waals surface area contributed by atoms with Crippen molar-refractivity contribution in [3.05, 3.63) is 72.9 Å². The first kappa shape index (κ1) is 88.5. The number of esters is 4. The molecule has 0 radical (unpaired) electrons. The summed E-state index contributed by atoms with van der Waals surface area (Å²) in [5.74, 6) is -2.31. The van der Waals surface area contributed by atoms with Crippen molar-refractivity contribution in [2.45, 2.75) is 329 Å². The first-order valence-electron chi connectivity index (χ1n) is 36.2. The van der Waals surface area contributed by atoms with Crippen molar-refractivity contribution in [1.29, 1.82) is 0 Å². The Labute approximate surface area is 558 Å². The van der Waals surface area contributed by atoms with Crippen molar-refractivity contribution in [3.8, 4) is 0 Å². The smallest absolute Gasteiger partial charge is 0.462 e. The summed E-state index contributed by atoms with van der Waals surface area (Å²) < 4.78 is 68.1. The summed E-state index contributed by atoms with van der Waals surface area (Å²) in [6.45, 7) is 4.61. The number of allylic oxidation sites excluding steroid dienone is 11. The number of hydrogen-bond donors (Lipinski definition) is 3. The Morgan fingerprint density at radius 1 is 0.326 bits per heavy atom. The minimum Gasteiger partial charge on any atom is -0.462 e. The fourth-order valence-electron chi connectivity index (χ4n) is 9.69. The van der Waals surface area contributed by atoms with Crippen molar-refractivity contribution in [1.82, 2.24) is 0 Å². The van der Waals surface area contributed by atoms with Crippen LogP contribution >= 0.6 is 15.6 Å². The first-order valence-corrected chi connectivity index (χ1v) is 39.2. The van der Waals surface area contributed by atoms with Crippen LogP contribution in [0.5, 0.6) is 0 Å². The third kappa shape index (κ3) is 65.2. The zero-order valence-corrected chi connectivity index (χ0v) is 59.8. The molecule has 0 rings (SSSR count). The van der Waals surface area contributed by atoms with E-state index in [-0.39, 0.29) is 25.7 Å². The van der Waals surface area contributed by atoms with E-state index in [9.17, 15) is 43.2 Å². The maximum absolute atomic E-state index is 13.0. The third-order valence-electron chi connectivity index (χ3n) is 15.2. The van der Waals surface area contributed by atoms with Gasteiger partial charge in [0.25, 0.3) is 0 Å². The highest BCUT2D eigenvalue weighted by Crippen LogP contribution is 2.45. The molecule has 0 aliphatic rings. The van der Waals surface area contributed by atoms with E-state index in [0.29, 0.717) is 25.7 Å². The van der Waals surface area contributed by atoms with Crippen molar-refractivity contribution < 1.29 is 80.2 Å². The molecule has 0 fully saturated rings. The SMILES string of the molecule is CC/C=C\C/C=C\C/C=C\C/C=C\C/C=C\CC(=O)OCC(COP(=O)(O)OCC(O)COP(=O)(O)OCC(COC(=O)CCCCCCCCCCCCCCC)OC(=O)CCCCCCCCCCCCCCC)OC(=O)CCCCCCC/C=C\CCCC. The van der Waals surface area contributed by atoms with Gasteiger partial charge in [0.2, 0.25) is 0 Å². The lowest BCUT2D eigenvalue weighted by Crippen LogP contribution is -2.30. The molecule has 534 valence electrons. The van der Waals surface area contributed by atoms with Gasteiger partial charge < -0.3 is 33.8 Å². The van der Waals surface area contributed by atoms with Gasteiger partial charge in [-0.2, -0.15) is 0 Å². The van der Waals surface area contributed by atoms with Crippen LogP contribution in [0.3, 0.4) is 0 Å². The summed E-state index contributed by atoms with van der Waals surface area (Å²) >= 11 is 0. The van der Waals surface area contributed by atoms with Crippen LogP contribution in [0.15, 0.2) is 72.9 Å². The summed E-state index contributed by atoms with van der Waals surface area (Å²) in [5.41, 5.74) is 0. The van der Waals surface area contributed by atoms with Crippen LogP contribution in [-0.4, -0.2) is 96.7 Å². The van der Waals surface area contributed by atoms with Crippen molar-refractivity contribution in [2.24, 2.45) is 0 Å². The predicted molar refractivity (Wildman–Crippen MR) is 372 cm³/mol. The van der Waals surface area contributed by atoms with Crippen LogP contribution in [0.4, 0.5) is 0 Å². The number of phosphoric acid groups is 2. The second kappa shape index (κ2) is 66.1. The lowest BCUT2D eigenvalue weighted by atomic mass is 10.0. The number of aliphatic hydroxyl groups excluding tert-OH is 1. The Morgan fingerprint density at radius 2 is 0.620 bits per heavy atom. The van der Waals surface area contributed by atoms with Gasteiger partial charge in [-0.1, -0.05) is 287 Å². The van der Waals surface area contributed by atoms with Crippen molar-refractivity contribution in [3.63, 3.8) is 0 Å². The molecule has 0 heterocycles. The average Bonchev–Trinajstić information content (AvgIpc) is 2.24. The van der Waals surface area contributed by atoms with Gasteiger partial charge in [0.1, 0.15) is 19.3 Å². The largest absolute Gasteiger partial charge is 0.472 e. The monoisotopic (exact) mass is 1340 g/mol. The van der Waals surface area contributed by atoms with Gasteiger partial charge in [-0.05, 0) is 70.6 Å². The van der Waals surface area contributed by atoms with E-state index in [1.165, 1.54) is 122 Å². The summed E-state index contributed by atoms with van der Waals surface area (Å²) in [6.07, 6.45) is 63.7. The molecule has 0 saturated heterocycles. The molecule has 5 unspecified atom stereocenters. The second-order valence-electron chi connectivity index (χ2n) is 24.2. The molecule has 0 aliphatic heterocycles. The normalized spacial score (nSPS) is 14.5. The van der Waals surface area contributed by atoms with E-state index >= 15 is 0 Å². The lowest BCUT2D eigenvalue weighted by Gasteiger charge is -2.21. The van der Waals surface area contributed by atoms with Crippen LogP contribution in [0, 0.1) is 0 Å². The molecule has 0 aromatic carbocycles. The number of carbonyl (C=O) groups excluding carboxylic acids is 4. The van der Waals surface area contributed by atoms with Gasteiger partial charge in [-0.25, -0.2) is 9.13 Å². The quantitative estimate of drug-likeness (QED) is 0.0169. The Kier molecular flexibility index (Phi) is 63.6. The average molecular weight is 1340 g/mol. The highest BCUT2D eigenvalue weighted by atomic mass is 31.2. The Hall–Kier alpha value is -3.50. The number of rotatable bonds is 68. The van der Waals surface area contributed by atoms with Crippen LogP contribution in [0.2, 0.25) is 0 Å². The number of hydrogen-bond acceptors (Lipinski definition) is 15. The molecule has 0 amide bonds. The fraction of sp³-hybridized carbons (Fsp3) is 0.781. The molecule has 19 heteroatoms. The highest BCUT2D eigenvalue weighted by Gasteiger charge is 2.30. The standard InChI is InChI=1S/C73H130O17P2/c1-5-9-13-17-21-25-29-32-33-36-39-42-46-50-54-58-71(76)84-63-68(89-72(77)59-55-51-47-43-37-28-24-20-16-12-8-4)65-87-91(79,80)85-61-67(74)62-86-92(81,82)88-66-69(90-73(78)60-56-52-48-44-40-35-31-27-23-19-15-11-7-3)64-83-70(75)57-53-49-45-41-38-34-30-26-22-18-14-10-6-2/h9,13,20-21,24-25,32-33,39,42,50,54,67-69,74H,5-8,10-12,14-19,22-23,26-31,34-38,40-41,43-49,51-53,55-66H2,1-4H3,(H,79,80)(H,81,82)/b13-9-,24-20-,25-21-,33-32-,42-39-,54-50-. The van der Waals surface area contributed by atoms with Gasteiger partial charge in [0.15, 0.2) is 12.2 Å². The molecule has 17 nitrogen and oxygen atoms in total. The van der Waals surface area contributed by atoms with Gasteiger partial charge in [0.05, 0.1) is 32.8 Å². The van der Waals surface area contributed by atoms with E-state index in [0.717, 1.165) is 109 Å². The van der Waals surface area contributed by atoms with E-state index in [1.54, 1.807) is 6.08 Å². The van der Waals surface area contributed by atoms with Crippen molar-refractivity contribution in [2.75, 3.05) is 39.6 Å². The summed E-state index contributed by atoms with van der Waals surface area (Å²) in [5, 5.41) is 10.6. The Bertz CT molecular complexity index is 2040. The molecule has 92 heavy (non-hydrogen) atoms. The molecule has 5 atom stereocenters. The molecular formula is C73H130O17P2. The number of ether oxygens (including phenoxy) is 4. The van der Waals surface area contributed by atoms with Gasteiger partial charge in [0, 0.05) is 19.3 Å². The lowest BCUT2D eigenvalue weighted by molar-refractivity contribution is -0.161. The summed E-state index contributed by atoms with van der Waals surface area (Å²) in [4.78, 5) is 72.5. The zero-order valence-electron chi connectivity index (χ0n) is 58.0. The van der Waals surface area contributed by atoms with Crippen LogP contribution in [0.1, 0.15) is 310 Å². The number of phosphoric ester groups is 2. The predicted octanol–water partition coefficient (Wildman–Crippen LogP) is 20.1. The summed E-state index contributed by atoms with van der Waals surface area (Å²) in [7, 11) is -9.95. The van der Waals surface area contributed by atoms with Crippen molar-refractivity contribution >= 4 is 39.5 Å². The minimum atomic E-state index is -4.98. The maximum Gasteiger partial charge on any atom is 0.472 e. The third-order valence-corrected chi connectivity index (χ3v) is 17.1. The van der Waals surface area contributed by atoms with Gasteiger partial charge in [-0.3, -0.25) is 37.3 Å². The van der Waals surface area contributed by atoms with E-state index in [4.69, 9.17) is 37.0 Å². The second-order valence-corrected chi connectivity index (χ2v) is 27.1. The van der Waals surface area contributed by atoms with E-state index < -0.39 is 97.5 Å². The van der Waals surface area contributed by atoms with E-state index in [1.807, 2.05) is 18.2 Å². The molecular weight excluding hydrogens is 1210 g/mol. The topological polar surface area (TPSA) is 237 Å². The minimum absolute atomic E-state index is 0.0671. The number of carbonyl (C=O) groups is 4. The van der Waals surface area contributed by atoms with Crippen LogP contribution in [0.25, 0.3) is 0 Å². The number of aliphatic hydroxyl groups is 1. The van der Waals surface area contributed by atoms with Crippen LogP contribution < -0.4 is 0 Å². The molecule has 0 aromatic rings. The highest BCUT2D eigenvalue weighted by molar-refractivity contribution is 7.47. The molecule has 3 N–H and O–H groups in total. The van der Waals surface area contributed by atoms with Gasteiger partial charge >= 0.3 is 39.5 Å². The molecule has 0 bridgehead atoms. The van der Waals surface area contributed by atoms with Crippen LogP contribution in [-0.2, 0) is 65.4 Å². The Morgan fingerprint density at radius 3 is 0.989 bits per heavy atom. The number of unbranched alkanes of at least 4 members (excludes halogenated alkanes) is 31. The molecule has 0 saturated carbocycles. The Balaban J connectivity index is 5.36. The molecule has 0 spiro atoms. The maximum atomic E-state index is 13.0. The zero-order chi connectivity index (χ0) is 67.5. The van der Waals surface area contributed by atoms with Gasteiger partial charge in [-0.15, -0.1) is 0 Å².